The molecule has 0 saturated heterocycles. The summed E-state index contributed by atoms with van der Waals surface area (Å²) in [5, 5.41) is 2.92. The number of methoxy groups -OCH3 is 4. The van der Waals surface area contributed by atoms with E-state index in [1.807, 2.05) is 0 Å². The van der Waals surface area contributed by atoms with E-state index < -0.39 is 22.5 Å². The van der Waals surface area contributed by atoms with Crippen LogP contribution in [0, 0.1) is 0 Å². The minimum Gasteiger partial charge on any atom is -0.497 e. The molecule has 0 unspecified atom stereocenters. The number of halogens is 1. The lowest BCUT2D eigenvalue weighted by Crippen LogP contribution is -2.37. The highest BCUT2D eigenvalue weighted by molar-refractivity contribution is 7.92. The van der Waals surface area contributed by atoms with Crippen molar-refractivity contribution in [1.82, 2.24) is 0 Å². The van der Waals surface area contributed by atoms with E-state index >= 15 is 0 Å². The largest absolute Gasteiger partial charge is 0.497 e. The Kier molecular flexibility index (Phi) is 7.63. The molecular weight excluding hydrogens is 436 g/mol. The second-order valence-corrected chi connectivity index (χ2v) is 8.36. The molecule has 30 heavy (non-hydrogen) atoms. The van der Waals surface area contributed by atoms with E-state index in [-0.39, 0.29) is 17.1 Å². The van der Waals surface area contributed by atoms with Crippen LogP contribution in [0.1, 0.15) is 0 Å². The number of nitrogens with one attached hydrogen (secondary N) is 1. The summed E-state index contributed by atoms with van der Waals surface area (Å²) in [7, 11) is 1.90. The minimum atomic E-state index is -3.82. The van der Waals surface area contributed by atoms with Crippen LogP contribution in [0.4, 0.5) is 11.4 Å². The number of carbonyl (C=O) groups is 1. The predicted molar refractivity (Wildman–Crippen MR) is 115 cm³/mol. The molecule has 2 aromatic carbocycles. The summed E-state index contributed by atoms with van der Waals surface area (Å²) in [6.45, 7) is -0.504. The van der Waals surface area contributed by atoms with E-state index in [1.165, 1.54) is 52.7 Å². The van der Waals surface area contributed by atoms with E-state index in [9.17, 15) is 13.2 Å². The minimum absolute atomic E-state index is 0.191. The Labute approximate surface area is 180 Å². The molecule has 0 atom stereocenters. The Hall–Kier alpha value is -2.85. The predicted octanol–water partition coefficient (Wildman–Crippen LogP) is 2.78. The van der Waals surface area contributed by atoms with Crippen molar-refractivity contribution in [3.8, 4) is 23.0 Å². The number of anilines is 2. The fourth-order valence-electron chi connectivity index (χ4n) is 2.65. The zero-order chi connectivity index (χ0) is 22.5. The van der Waals surface area contributed by atoms with E-state index in [4.69, 9.17) is 30.5 Å². The van der Waals surface area contributed by atoms with Crippen LogP contribution in [0.2, 0.25) is 5.02 Å². The number of benzene rings is 2. The summed E-state index contributed by atoms with van der Waals surface area (Å²) in [5.74, 6) is 0.720. The summed E-state index contributed by atoms with van der Waals surface area (Å²) in [6, 6.07) is 7.56. The van der Waals surface area contributed by atoms with Gasteiger partial charge in [0.05, 0.1) is 51.1 Å². The van der Waals surface area contributed by atoms with Crippen molar-refractivity contribution < 1.29 is 32.2 Å². The molecule has 0 aromatic heterocycles. The average molecular weight is 459 g/mol. The summed E-state index contributed by atoms with van der Waals surface area (Å²) in [5.41, 5.74) is 0.468. The quantitative estimate of drug-likeness (QED) is 0.616. The van der Waals surface area contributed by atoms with Gasteiger partial charge in [-0.3, -0.25) is 9.10 Å². The Bertz CT molecular complexity index is 1030. The number of rotatable bonds is 9. The number of hydrogen-bond acceptors (Lipinski definition) is 7. The van der Waals surface area contributed by atoms with Crippen molar-refractivity contribution in [2.75, 3.05) is 50.9 Å². The van der Waals surface area contributed by atoms with Gasteiger partial charge in [0.2, 0.25) is 15.9 Å². The topological polar surface area (TPSA) is 103 Å². The van der Waals surface area contributed by atoms with Gasteiger partial charge in [-0.25, -0.2) is 8.42 Å². The molecule has 2 aromatic rings. The van der Waals surface area contributed by atoms with Crippen molar-refractivity contribution in [2.24, 2.45) is 0 Å². The Balaban J connectivity index is 2.37. The van der Waals surface area contributed by atoms with Crippen LogP contribution in [-0.4, -0.2) is 55.6 Å². The molecule has 9 nitrogen and oxygen atoms in total. The second-order valence-electron chi connectivity index (χ2n) is 6.04. The smallest absolute Gasteiger partial charge is 0.245 e. The van der Waals surface area contributed by atoms with Crippen LogP contribution in [-0.2, 0) is 14.8 Å². The molecule has 0 saturated carbocycles. The molecule has 1 N–H and O–H groups in total. The number of amides is 1. The third-order valence-electron chi connectivity index (χ3n) is 4.09. The van der Waals surface area contributed by atoms with Gasteiger partial charge < -0.3 is 24.3 Å². The zero-order valence-electron chi connectivity index (χ0n) is 17.2. The van der Waals surface area contributed by atoms with E-state index in [1.54, 1.807) is 6.07 Å². The van der Waals surface area contributed by atoms with Crippen LogP contribution >= 0.6 is 11.6 Å². The van der Waals surface area contributed by atoms with E-state index in [0.29, 0.717) is 22.3 Å². The zero-order valence-corrected chi connectivity index (χ0v) is 18.8. The molecule has 0 radical (unpaired) electrons. The summed E-state index contributed by atoms with van der Waals surface area (Å²) in [4.78, 5) is 12.7. The van der Waals surface area contributed by atoms with Crippen molar-refractivity contribution in [3.05, 3.63) is 35.4 Å². The SMILES string of the molecule is COc1ccc(N(CC(=O)Nc2cc(OC)c(Cl)cc2OC)S(C)(=O)=O)c(OC)c1. The molecule has 0 aliphatic carbocycles. The number of ether oxygens (including phenoxy) is 4. The molecule has 0 heterocycles. The van der Waals surface area contributed by atoms with Crippen molar-refractivity contribution in [3.63, 3.8) is 0 Å². The van der Waals surface area contributed by atoms with Crippen LogP contribution in [0.15, 0.2) is 30.3 Å². The van der Waals surface area contributed by atoms with Gasteiger partial charge in [0, 0.05) is 18.2 Å². The first-order valence-electron chi connectivity index (χ1n) is 8.55. The highest BCUT2D eigenvalue weighted by Crippen LogP contribution is 2.36. The maximum Gasteiger partial charge on any atom is 0.245 e. The Morgan fingerprint density at radius 3 is 2.13 bits per heavy atom. The van der Waals surface area contributed by atoms with Gasteiger partial charge in [-0.05, 0) is 12.1 Å². The normalized spacial score (nSPS) is 10.9. The van der Waals surface area contributed by atoms with Crippen molar-refractivity contribution in [2.45, 2.75) is 0 Å². The average Bonchev–Trinajstić information content (AvgIpc) is 2.71. The molecule has 11 heteroatoms. The number of carbonyl (C=O) groups excluding carboxylic acids is 1. The maximum atomic E-state index is 12.7. The second kappa shape index (κ2) is 9.77. The fraction of sp³-hybridized carbons (Fsp3) is 0.316. The van der Waals surface area contributed by atoms with Gasteiger partial charge in [0.25, 0.3) is 0 Å². The van der Waals surface area contributed by atoms with Gasteiger partial charge >= 0.3 is 0 Å². The highest BCUT2D eigenvalue weighted by Gasteiger charge is 2.25. The van der Waals surface area contributed by atoms with Gasteiger partial charge in [-0.1, -0.05) is 11.6 Å². The maximum absolute atomic E-state index is 12.7. The van der Waals surface area contributed by atoms with E-state index in [2.05, 4.69) is 5.32 Å². The fourth-order valence-corrected chi connectivity index (χ4v) is 3.74. The molecule has 164 valence electrons. The summed E-state index contributed by atoms with van der Waals surface area (Å²) >= 11 is 6.07. The molecule has 2 rings (SSSR count). The third kappa shape index (κ3) is 5.39. The first kappa shape index (κ1) is 23.4. The standard InChI is InChI=1S/C19H23ClN2O7S/c1-26-12-6-7-15(18(8-12)29-4)22(30(5,24)25)11-19(23)21-14-10-16(27-2)13(20)9-17(14)28-3/h6-10H,11H2,1-5H3,(H,21,23). The molecule has 0 aliphatic rings. The molecule has 0 fully saturated rings. The number of sulfonamides is 1. The van der Waals surface area contributed by atoms with Gasteiger partial charge in [0.1, 0.15) is 29.5 Å². The van der Waals surface area contributed by atoms with Crippen LogP contribution < -0.4 is 28.6 Å². The lowest BCUT2D eigenvalue weighted by Gasteiger charge is -2.24. The van der Waals surface area contributed by atoms with E-state index in [0.717, 1.165) is 10.6 Å². The van der Waals surface area contributed by atoms with Crippen molar-refractivity contribution in [1.29, 1.82) is 0 Å². The van der Waals surface area contributed by atoms with Gasteiger partial charge in [0.15, 0.2) is 0 Å². The molecule has 1 amide bonds. The Morgan fingerprint density at radius 1 is 0.967 bits per heavy atom. The molecule has 0 spiro atoms. The lowest BCUT2D eigenvalue weighted by molar-refractivity contribution is -0.114. The van der Waals surface area contributed by atoms with Crippen LogP contribution in [0.25, 0.3) is 0 Å². The summed E-state index contributed by atoms with van der Waals surface area (Å²) in [6.07, 6.45) is 0.996. The Morgan fingerprint density at radius 2 is 1.60 bits per heavy atom. The van der Waals surface area contributed by atoms with Crippen LogP contribution in [0.5, 0.6) is 23.0 Å². The third-order valence-corrected chi connectivity index (χ3v) is 5.51. The molecular formula is C19H23ClN2O7S. The highest BCUT2D eigenvalue weighted by atomic mass is 35.5. The van der Waals surface area contributed by atoms with Crippen LogP contribution in [0.3, 0.4) is 0 Å². The first-order chi connectivity index (χ1) is 14.1. The number of nitrogens with zero attached hydrogens (tertiary/aromatic N) is 1. The van der Waals surface area contributed by atoms with Gasteiger partial charge in [-0.2, -0.15) is 0 Å². The molecule has 0 aliphatic heterocycles. The number of hydrogen-bond donors (Lipinski definition) is 1. The molecule has 0 bridgehead atoms. The van der Waals surface area contributed by atoms with Gasteiger partial charge in [-0.15, -0.1) is 0 Å². The first-order valence-corrected chi connectivity index (χ1v) is 10.8. The summed E-state index contributed by atoms with van der Waals surface area (Å²) < 4.78 is 46.5. The lowest BCUT2D eigenvalue weighted by atomic mass is 10.2. The van der Waals surface area contributed by atoms with Crippen molar-refractivity contribution >= 4 is 38.9 Å². The monoisotopic (exact) mass is 458 g/mol.